The lowest BCUT2D eigenvalue weighted by Gasteiger charge is -2.60. The molecule has 21 heavy (non-hydrogen) atoms. The van der Waals surface area contributed by atoms with Gasteiger partial charge >= 0.3 is 0 Å². The molecule has 3 aliphatic carbocycles. The van der Waals surface area contributed by atoms with E-state index >= 15 is 0 Å². The molecule has 0 radical (unpaired) electrons. The van der Waals surface area contributed by atoms with E-state index in [4.69, 9.17) is 0 Å². The van der Waals surface area contributed by atoms with Gasteiger partial charge in [0.2, 0.25) is 0 Å². The molecule has 3 saturated carbocycles. The van der Waals surface area contributed by atoms with Crippen LogP contribution in [0.3, 0.4) is 0 Å². The Morgan fingerprint density at radius 3 is 2.52 bits per heavy atom. The number of hydrogen-bond donors (Lipinski definition) is 1. The van der Waals surface area contributed by atoms with E-state index in [2.05, 4.69) is 20.8 Å². The third kappa shape index (κ3) is 2.48. The molecule has 3 aliphatic rings. The van der Waals surface area contributed by atoms with Crippen molar-refractivity contribution in [1.29, 1.82) is 0 Å². The first-order valence-corrected chi connectivity index (χ1v) is 9.02. The van der Waals surface area contributed by atoms with Crippen molar-refractivity contribution in [3.63, 3.8) is 0 Å². The summed E-state index contributed by atoms with van der Waals surface area (Å²) in [7, 11) is 0. The van der Waals surface area contributed by atoms with Crippen LogP contribution in [-0.4, -0.2) is 17.5 Å². The summed E-state index contributed by atoms with van der Waals surface area (Å²) in [5, 5.41) is 10.7. The molecular formula is C19H32O2. The van der Waals surface area contributed by atoms with E-state index in [1.807, 2.05) is 0 Å². The maximum Gasteiger partial charge on any atom is 0.123 e. The second-order valence-electron chi connectivity index (χ2n) is 9.02. The van der Waals surface area contributed by atoms with Crippen molar-refractivity contribution in [3.8, 4) is 0 Å². The lowest BCUT2D eigenvalue weighted by molar-refractivity contribution is -0.120. The summed E-state index contributed by atoms with van der Waals surface area (Å²) in [5.74, 6) is 1.94. The standard InChI is InChI=1S/C19H32O2/c1-18(2)9-4-10-19(3)15-7-5-13(12-20)11-16(21)14(15)6-8-17(18)19/h12-17,21H,4-11H2,1-3H3/t13?,14-,15+,16?,17+,19-/m1/s1. The number of fused-ring (bicyclic) bond motifs is 3. The van der Waals surface area contributed by atoms with E-state index in [-0.39, 0.29) is 12.0 Å². The second kappa shape index (κ2) is 5.37. The quantitative estimate of drug-likeness (QED) is 0.735. The van der Waals surface area contributed by atoms with E-state index in [0.717, 1.165) is 25.0 Å². The van der Waals surface area contributed by atoms with Gasteiger partial charge in [-0.1, -0.05) is 27.2 Å². The molecule has 0 amide bonds. The van der Waals surface area contributed by atoms with E-state index in [1.54, 1.807) is 0 Å². The fourth-order valence-electron chi connectivity index (χ4n) is 6.50. The van der Waals surface area contributed by atoms with Gasteiger partial charge in [-0.15, -0.1) is 0 Å². The van der Waals surface area contributed by atoms with Crippen LogP contribution in [0, 0.1) is 34.5 Å². The third-order valence-corrected chi connectivity index (χ3v) is 7.51. The minimum atomic E-state index is -0.254. The van der Waals surface area contributed by atoms with Crippen LogP contribution in [0.5, 0.6) is 0 Å². The van der Waals surface area contributed by atoms with Crippen LogP contribution in [-0.2, 0) is 4.79 Å². The normalized spacial score (nSPS) is 49.6. The molecule has 0 heterocycles. The molecule has 3 rings (SSSR count). The average molecular weight is 292 g/mol. The molecular weight excluding hydrogens is 260 g/mol. The number of carbonyl (C=O) groups is 1. The minimum absolute atomic E-state index is 0.0873. The Labute approximate surface area is 129 Å². The van der Waals surface area contributed by atoms with Crippen LogP contribution >= 0.6 is 0 Å². The van der Waals surface area contributed by atoms with Crippen LogP contribution in [0.2, 0.25) is 0 Å². The van der Waals surface area contributed by atoms with Crippen molar-refractivity contribution in [2.75, 3.05) is 0 Å². The lowest BCUT2D eigenvalue weighted by Crippen LogP contribution is -2.53. The minimum Gasteiger partial charge on any atom is -0.393 e. The zero-order valence-corrected chi connectivity index (χ0v) is 14.0. The number of aliphatic hydroxyl groups excluding tert-OH is 1. The SMILES string of the molecule is CC1(C)CCC[C@]2(C)[C@H]3CCC(C=O)CC(O)[C@@H]3CC[C@@H]12. The van der Waals surface area contributed by atoms with Gasteiger partial charge in [-0.05, 0) is 73.5 Å². The van der Waals surface area contributed by atoms with E-state index in [0.29, 0.717) is 29.1 Å². The van der Waals surface area contributed by atoms with Crippen molar-refractivity contribution < 1.29 is 9.90 Å². The van der Waals surface area contributed by atoms with E-state index in [1.165, 1.54) is 32.1 Å². The monoisotopic (exact) mass is 292 g/mol. The van der Waals surface area contributed by atoms with Crippen LogP contribution < -0.4 is 0 Å². The van der Waals surface area contributed by atoms with E-state index in [9.17, 15) is 9.90 Å². The second-order valence-corrected chi connectivity index (χ2v) is 9.02. The summed E-state index contributed by atoms with van der Waals surface area (Å²) in [6.07, 6.45) is 10.1. The molecule has 0 aliphatic heterocycles. The van der Waals surface area contributed by atoms with Gasteiger partial charge in [0.1, 0.15) is 6.29 Å². The lowest BCUT2D eigenvalue weighted by atomic mass is 9.45. The molecule has 6 atom stereocenters. The maximum atomic E-state index is 11.2. The van der Waals surface area contributed by atoms with Crippen LogP contribution in [0.4, 0.5) is 0 Å². The first kappa shape index (κ1) is 15.5. The Morgan fingerprint density at radius 2 is 1.81 bits per heavy atom. The zero-order valence-electron chi connectivity index (χ0n) is 14.0. The average Bonchev–Trinajstić information content (AvgIpc) is 2.58. The van der Waals surface area contributed by atoms with Gasteiger partial charge in [0, 0.05) is 5.92 Å². The molecule has 0 bridgehead atoms. The van der Waals surface area contributed by atoms with Gasteiger partial charge in [0.15, 0.2) is 0 Å². The Balaban J connectivity index is 1.91. The Morgan fingerprint density at radius 1 is 1.05 bits per heavy atom. The van der Waals surface area contributed by atoms with Crippen LogP contribution in [0.15, 0.2) is 0 Å². The summed E-state index contributed by atoms with van der Waals surface area (Å²) in [5.41, 5.74) is 0.822. The van der Waals surface area contributed by atoms with Gasteiger partial charge in [-0.2, -0.15) is 0 Å². The molecule has 2 unspecified atom stereocenters. The molecule has 0 aromatic heterocycles. The van der Waals surface area contributed by atoms with Crippen molar-refractivity contribution in [2.45, 2.75) is 78.2 Å². The number of aldehydes is 1. The first-order chi connectivity index (χ1) is 9.88. The third-order valence-electron chi connectivity index (χ3n) is 7.51. The maximum absolute atomic E-state index is 11.2. The molecule has 120 valence electrons. The first-order valence-electron chi connectivity index (χ1n) is 9.02. The van der Waals surface area contributed by atoms with Crippen molar-refractivity contribution in [2.24, 2.45) is 34.5 Å². The Hall–Kier alpha value is -0.370. The molecule has 2 nitrogen and oxygen atoms in total. The largest absolute Gasteiger partial charge is 0.393 e. The van der Waals surface area contributed by atoms with Gasteiger partial charge in [-0.25, -0.2) is 0 Å². The predicted molar refractivity (Wildman–Crippen MR) is 84.9 cm³/mol. The molecule has 0 aromatic carbocycles. The Bertz CT molecular complexity index is 402. The van der Waals surface area contributed by atoms with E-state index < -0.39 is 0 Å². The molecule has 2 heteroatoms. The summed E-state index contributed by atoms with van der Waals surface area (Å²) in [6.45, 7) is 7.41. The number of carbonyl (C=O) groups excluding carboxylic acids is 1. The summed E-state index contributed by atoms with van der Waals surface area (Å²) in [6, 6.07) is 0. The highest BCUT2D eigenvalue weighted by Crippen LogP contribution is 2.63. The molecule has 3 fully saturated rings. The smallest absolute Gasteiger partial charge is 0.123 e. The highest BCUT2D eigenvalue weighted by molar-refractivity contribution is 5.53. The predicted octanol–water partition coefficient (Wildman–Crippen LogP) is 4.21. The van der Waals surface area contributed by atoms with Crippen molar-refractivity contribution in [1.82, 2.24) is 0 Å². The number of aliphatic hydroxyl groups is 1. The van der Waals surface area contributed by atoms with Crippen molar-refractivity contribution in [3.05, 3.63) is 0 Å². The number of rotatable bonds is 1. The topological polar surface area (TPSA) is 37.3 Å². The van der Waals surface area contributed by atoms with Gasteiger partial charge in [0.25, 0.3) is 0 Å². The van der Waals surface area contributed by atoms with Gasteiger partial charge in [0.05, 0.1) is 6.10 Å². The van der Waals surface area contributed by atoms with Crippen LogP contribution in [0.1, 0.15) is 72.1 Å². The highest BCUT2D eigenvalue weighted by Gasteiger charge is 2.56. The van der Waals surface area contributed by atoms with Gasteiger partial charge in [-0.3, -0.25) is 0 Å². The summed E-state index contributed by atoms with van der Waals surface area (Å²) in [4.78, 5) is 11.2. The molecule has 0 saturated heterocycles. The summed E-state index contributed by atoms with van der Waals surface area (Å²) < 4.78 is 0. The summed E-state index contributed by atoms with van der Waals surface area (Å²) >= 11 is 0. The molecule has 0 spiro atoms. The fourth-order valence-corrected chi connectivity index (χ4v) is 6.50. The fraction of sp³-hybridized carbons (Fsp3) is 0.947. The zero-order chi connectivity index (χ0) is 15.3. The molecule has 0 aromatic rings. The highest BCUT2D eigenvalue weighted by atomic mass is 16.3. The van der Waals surface area contributed by atoms with Crippen molar-refractivity contribution >= 4 is 6.29 Å². The van der Waals surface area contributed by atoms with Crippen LogP contribution in [0.25, 0.3) is 0 Å². The Kier molecular flexibility index (Phi) is 3.97. The molecule has 1 N–H and O–H groups in total. The number of hydrogen-bond acceptors (Lipinski definition) is 2. The van der Waals surface area contributed by atoms with Gasteiger partial charge < -0.3 is 9.90 Å².